The van der Waals surface area contributed by atoms with E-state index in [-0.39, 0.29) is 0 Å². The molecule has 0 amide bonds. The highest BCUT2D eigenvalue weighted by atomic mass is 15.2. The van der Waals surface area contributed by atoms with Gasteiger partial charge in [0.25, 0.3) is 0 Å². The molecule has 2 heterocycles. The topological polar surface area (TPSA) is 41.3 Å². The van der Waals surface area contributed by atoms with Gasteiger partial charge in [-0.25, -0.2) is 0 Å². The third-order valence-electron chi connectivity index (χ3n) is 4.87. The van der Waals surface area contributed by atoms with Gasteiger partial charge in [-0.05, 0) is 22.8 Å². The van der Waals surface area contributed by atoms with Crippen LogP contribution in [0, 0.1) is 0 Å². The summed E-state index contributed by atoms with van der Waals surface area (Å²) >= 11 is 0. The van der Waals surface area contributed by atoms with Crippen LogP contribution in [0.25, 0.3) is 0 Å². The van der Waals surface area contributed by atoms with Crippen molar-refractivity contribution < 1.29 is 0 Å². The van der Waals surface area contributed by atoms with Crippen molar-refractivity contribution in [1.82, 2.24) is 10.2 Å². The first kappa shape index (κ1) is 12.9. The molecule has 0 radical (unpaired) electrons. The van der Waals surface area contributed by atoms with Crippen molar-refractivity contribution in [3.05, 3.63) is 65.2 Å². The van der Waals surface area contributed by atoms with Gasteiger partial charge in [0.2, 0.25) is 0 Å². The van der Waals surface area contributed by atoms with E-state index >= 15 is 0 Å². The van der Waals surface area contributed by atoms with E-state index in [0.717, 1.165) is 31.9 Å². The average molecular weight is 279 g/mol. The standard InChI is InChI=1S/C18H21N3/c19-17-8-4-3-6-14(17)16-12-21-10-9-20-11-18(21)15-7-2-1-5-13(15)16/h1-8,16,18,20H,9-12,19H2/t16-,18-/m0/s1. The van der Waals surface area contributed by atoms with Crippen LogP contribution >= 0.6 is 0 Å². The maximum Gasteiger partial charge on any atom is 0.0476 e. The predicted octanol–water partition coefficient (Wildman–Crippen LogP) is 2.36. The molecule has 3 N–H and O–H groups in total. The number of hydrogen-bond acceptors (Lipinski definition) is 3. The summed E-state index contributed by atoms with van der Waals surface area (Å²) in [7, 11) is 0. The highest BCUT2D eigenvalue weighted by Gasteiger charge is 2.35. The van der Waals surface area contributed by atoms with Crippen molar-refractivity contribution in [2.24, 2.45) is 0 Å². The Kier molecular flexibility index (Phi) is 3.17. The minimum absolute atomic E-state index is 0.386. The van der Waals surface area contributed by atoms with Gasteiger partial charge in [-0.1, -0.05) is 42.5 Å². The SMILES string of the molecule is Nc1ccccc1[C@H]1CN2CCNC[C@H]2c2ccccc21. The molecule has 0 aliphatic carbocycles. The summed E-state index contributed by atoms with van der Waals surface area (Å²) in [5, 5.41) is 3.52. The Hall–Kier alpha value is -1.84. The Labute approximate surface area is 125 Å². The second-order valence-electron chi connectivity index (χ2n) is 6.03. The Balaban J connectivity index is 1.83. The number of benzene rings is 2. The van der Waals surface area contributed by atoms with Gasteiger partial charge in [0.1, 0.15) is 0 Å². The predicted molar refractivity (Wildman–Crippen MR) is 86.3 cm³/mol. The highest BCUT2D eigenvalue weighted by molar-refractivity contribution is 5.54. The molecule has 3 heteroatoms. The second kappa shape index (κ2) is 5.17. The highest BCUT2D eigenvalue weighted by Crippen LogP contribution is 2.41. The van der Waals surface area contributed by atoms with Gasteiger partial charge in [-0.2, -0.15) is 0 Å². The van der Waals surface area contributed by atoms with Crippen LogP contribution in [-0.4, -0.2) is 31.1 Å². The lowest BCUT2D eigenvalue weighted by molar-refractivity contribution is 0.143. The third-order valence-corrected chi connectivity index (χ3v) is 4.87. The first-order chi connectivity index (χ1) is 10.3. The Bertz CT molecular complexity index is 652. The summed E-state index contributed by atoms with van der Waals surface area (Å²) < 4.78 is 0. The smallest absolute Gasteiger partial charge is 0.0476 e. The van der Waals surface area contributed by atoms with Crippen molar-refractivity contribution in [2.75, 3.05) is 31.9 Å². The number of para-hydroxylation sites is 1. The number of nitrogens with zero attached hydrogens (tertiary/aromatic N) is 1. The maximum atomic E-state index is 6.25. The number of hydrogen-bond donors (Lipinski definition) is 2. The molecule has 2 aliphatic rings. The fourth-order valence-electron chi connectivity index (χ4n) is 3.83. The normalized spacial score (nSPS) is 25.1. The lowest BCUT2D eigenvalue weighted by Gasteiger charge is -2.44. The van der Waals surface area contributed by atoms with Gasteiger partial charge in [0.05, 0.1) is 0 Å². The van der Waals surface area contributed by atoms with E-state index in [9.17, 15) is 0 Å². The molecule has 0 spiro atoms. The third kappa shape index (κ3) is 2.13. The Morgan fingerprint density at radius 1 is 0.952 bits per heavy atom. The largest absolute Gasteiger partial charge is 0.398 e. The minimum atomic E-state index is 0.386. The van der Waals surface area contributed by atoms with Crippen molar-refractivity contribution in [3.8, 4) is 0 Å². The van der Waals surface area contributed by atoms with Crippen molar-refractivity contribution in [3.63, 3.8) is 0 Å². The molecule has 0 saturated carbocycles. The summed E-state index contributed by atoms with van der Waals surface area (Å²) in [5.41, 5.74) is 11.3. The Morgan fingerprint density at radius 2 is 1.67 bits per heavy atom. The number of nitrogens with one attached hydrogen (secondary N) is 1. The molecule has 0 bridgehead atoms. The number of nitrogen functional groups attached to an aromatic ring is 1. The van der Waals surface area contributed by atoms with Crippen molar-refractivity contribution >= 4 is 5.69 Å². The van der Waals surface area contributed by atoms with Crippen LogP contribution in [-0.2, 0) is 0 Å². The van der Waals surface area contributed by atoms with Crippen LogP contribution in [0.5, 0.6) is 0 Å². The molecule has 2 atom stereocenters. The molecule has 3 nitrogen and oxygen atoms in total. The summed E-state index contributed by atoms with van der Waals surface area (Å²) in [6.07, 6.45) is 0. The van der Waals surface area contributed by atoms with E-state index < -0.39 is 0 Å². The van der Waals surface area contributed by atoms with E-state index in [1.165, 1.54) is 16.7 Å². The van der Waals surface area contributed by atoms with E-state index in [1.807, 2.05) is 12.1 Å². The number of rotatable bonds is 1. The van der Waals surface area contributed by atoms with Gasteiger partial charge < -0.3 is 11.1 Å². The van der Waals surface area contributed by atoms with Gasteiger partial charge in [-0.15, -0.1) is 0 Å². The fraction of sp³-hybridized carbons (Fsp3) is 0.333. The van der Waals surface area contributed by atoms with Crippen LogP contribution in [0.3, 0.4) is 0 Å². The van der Waals surface area contributed by atoms with Gasteiger partial charge >= 0.3 is 0 Å². The number of nitrogens with two attached hydrogens (primary N) is 1. The van der Waals surface area contributed by atoms with Crippen molar-refractivity contribution in [2.45, 2.75) is 12.0 Å². The quantitative estimate of drug-likeness (QED) is 0.787. The van der Waals surface area contributed by atoms with Crippen molar-refractivity contribution in [1.29, 1.82) is 0 Å². The molecule has 2 aromatic rings. The first-order valence-corrected chi connectivity index (χ1v) is 7.72. The molecule has 1 fully saturated rings. The molecule has 0 unspecified atom stereocenters. The lowest BCUT2D eigenvalue weighted by Crippen LogP contribution is -2.50. The Morgan fingerprint density at radius 3 is 2.48 bits per heavy atom. The summed E-state index contributed by atoms with van der Waals surface area (Å²) in [5.74, 6) is 0.386. The second-order valence-corrected chi connectivity index (χ2v) is 6.03. The molecule has 2 aromatic carbocycles. The van der Waals surface area contributed by atoms with Gasteiger partial charge in [-0.3, -0.25) is 4.90 Å². The zero-order valence-corrected chi connectivity index (χ0v) is 12.1. The van der Waals surface area contributed by atoms with Gasteiger partial charge in [0, 0.05) is 43.8 Å². The fourth-order valence-corrected chi connectivity index (χ4v) is 3.83. The van der Waals surface area contributed by atoms with E-state index in [0.29, 0.717) is 12.0 Å². The van der Waals surface area contributed by atoms with E-state index in [1.54, 1.807) is 0 Å². The molecule has 4 rings (SSSR count). The monoisotopic (exact) mass is 279 g/mol. The maximum absolute atomic E-state index is 6.25. The molecule has 108 valence electrons. The number of anilines is 1. The zero-order valence-electron chi connectivity index (χ0n) is 12.1. The molecule has 0 aromatic heterocycles. The molecule has 2 aliphatic heterocycles. The molecular formula is C18H21N3. The van der Waals surface area contributed by atoms with Crippen LogP contribution in [0.15, 0.2) is 48.5 Å². The zero-order chi connectivity index (χ0) is 14.2. The summed E-state index contributed by atoms with van der Waals surface area (Å²) in [6, 6.07) is 17.7. The average Bonchev–Trinajstić information content (AvgIpc) is 2.55. The number of piperazine rings is 1. The summed E-state index contributed by atoms with van der Waals surface area (Å²) in [4.78, 5) is 2.61. The number of fused-ring (bicyclic) bond motifs is 3. The van der Waals surface area contributed by atoms with Crippen LogP contribution in [0.1, 0.15) is 28.7 Å². The summed E-state index contributed by atoms with van der Waals surface area (Å²) in [6.45, 7) is 4.31. The van der Waals surface area contributed by atoms with Crippen LogP contribution in [0.4, 0.5) is 5.69 Å². The molecule has 1 saturated heterocycles. The van der Waals surface area contributed by atoms with Crippen LogP contribution < -0.4 is 11.1 Å². The molecule has 21 heavy (non-hydrogen) atoms. The lowest BCUT2D eigenvalue weighted by atomic mass is 9.80. The van der Waals surface area contributed by atoms with E-state index in [2.05, 4.69) is 46.6 Å². The first-order valence-electron chi connectivity index (χ1n) is 7.72. The van der Waals surface area contributed by atoms with Gasteiger partial charge in [0.15, 0.2) is 0 Å². The van der Waals surface area contributed by atoms with Crippen LogP contribution in [0.2, 0.25) is 0 Å². The minimum Gasteiger partial charge on any atom is -0.398 e. The van der Waals surface area contributed by atoms with E-state index in [4.69, 9.17) is 5.73 Å². The molecular weight excluding hydrogens is 258 g/mol.